The normalized spacial score (nSPS) is 14.8. The molecule has 2 aromatic rings. The van der Waals surface area contributed by atoms with E-state index in [1.807, 2.05) is 12.1 Å². The molecule has 2 heterocycles. The second-order valence-electron chi connectivity index (χ2n) is 3.85. The molecule has 17 heavy (non-hydrogen) atoms. The number of anilines is 1. The summed E-state index contributed by atoms with van der Waals surface area (Å²) in [4.78, 5) is 27.4. The van der Waals surface area contributed by atoms with Gasteiger partial charge in [0.1, 0.15) is 0 Å². The number of hydrogen-bond donors (Lipinski definition) is 4. The summed E-state index contributed by atoms with van der Waals surface area (Å²) in [6.45, 7) is 0.501. The second-order valence-corrected chi connectivity index (χ2v) is 3.85. The summed E-state index contributed by atoms with van der Waals surface area (Å²) in [6.07, 6.45) is 1.52. The Morgan fingerprint density at radius 1 is 1.12 bits per heavy atom. The zero-order valence-electron chi connectivity index (χ0n) is 8.83. The number of amides is 1. The third-order valence-electron chi connectivity index (χ3n) is 2.58. The van der Waals surface area contributed by atoms with Crippen LogP contribution in [0.1, 0.15) is 0 Å². The zero-order valence-corrected chi connectivity index (χ0v) is 8.83. The first-order valence-corrected chi connectivity index (χ1v) is 5.18. The summed E-state index contributed by atoms with van der Waals surface area (Å²) >= 11 is 0. The molecule has 1 aromatic carbocycles. The largest absolute Gasteiger partial charge is 0.357 e. The lowest BCUT2D eigenvalue weighted by molar-refractivity contribution is -0.115. The number of hydrogen-bond acceptors (Lipinski definition) is 3. The predicted octanol–water partition coefficient (Wildman–Crippen LogP) is 0.282. The molecule has 0 saturated heterocycles. The molecule has 86 valence electrons. The summed E-state index contributed by atoms with van der Waals surface area (Å²) in [5.74, 6) is -0.0939. The van der Waals surface area contributed by atoms with Crippen molar-refractivity contribution in [3.8, 4) is 0 Å². The average Bonchev–Trinajstić information content (AvgIpc) is 2.83. The second kappa shape index (κ2) is 3.51. The highest BCUT2D eigenvalue weighted by molar-refractivity contribution is 5.92. The van der Waals surface area contributed by atoms with Gasteiger partial charge in [-0.15, -0.1) is 0 Å². The van der Waals surface area contributed by atoms with E-state index in [1.165, 1.54) is 6.08 Å². The average molecular weight is 230 g/mol. The summed E-state index contributed by atoms with van der Waals surface area (Å²) in [5.41, 5.74) is 2.91. The Balaban J connectivity index is 1.93. The summed E-state index contributed by atoms with van der Waals surface area (Å²) in [5, 5.41) is 5.79. The number of fused-ring (bicyclic) bond motifs is 1. The number of imidazole rings is 1. The maximum absolute atomic E-state index is 11.1. The van der Waals surface area contributed by atoms with E-state index in [1.54, 1.807) is 6.07 Å². The molecule has 0 atom stereocenters. The molecule has 0 spiro atoms. The van der Waals surface area contributed by atoms with Crippen molar-refractivity contribution in [1.29, 1.82) is 0 Å². The lowest BCUT2D eigenvalue weighted by atomic mass is 10.2. The van der Waals surface area contributed by atoms with Crippen molar-refractivity contribution >= 4 is 22.6 Å². The van der Waals surface area contributed by atoms with Crippen LogP contribution in [0.5, 0.6) is 0 Å². The fourth-order valence-corrected chi connectivity index (χ4v) is 1.82. The van der Waals surface area contributed by atoms with E-state index in [-0.39, 0.29) is 11.6 Å². The standard InChI is InChI=1S/C11H10N4O2/c16-10-4-7(5-12-10)13-6-1-2-8-9(3-6)15-11(17)14-8/h1-4,13H,5H2,(H,12,16)(H2,14,15,17). The van der Waals surface area contributed by atoms with Gasteiger partial charge in [0.2, 0.25) is 5.91 Å². The molecule has 0 fully saturated rings. The van der Waals surface area contributed by atoms with Crippen LogP contribution in [-0.4, -0.2) is 22.4 Å². The minimum Gasteiger partial charge on any atom is -0.357 e. The van der Waals surface area contributed by atoms with Crippen LogP contribution in [0.15, 0.2) is 34.8 Å². The Kier molecular flexibility index (Phi) is 2.01. The van der Waals surface area contributed by atoms with E-state index in [9.17, 15) is 9.59 Å². The van der Waals surface area contributed by atoms with Gasteiger partial charge in [-0.25, -0.2) is 4.79 Å². The van der Waals surface area contributed by atoms with Crippen molar-refractivity contribution in [3.05, 3.63) is 40.5 Å². The number of carbonyl (C=O) groups is 1. The summed E-state index contributed by atoms with van der Waals surface area (Å²) in [7, 11) is 0. The van der Waals surface area contributed by atoms with Crippen molar-refractivity contribution in [1.82, 2.24) is 15.3 Å². The number of nitrogens with one attached hydrogen (secondary N) is 4. The molecule has 0 aliphatic carbocycles. The monoisotopic (exact) mass is 230 g/mol. The minimum atomic E-state index is -0.228. The van der Waals surface area contributed by atoms with E-state index in [2.05, 4.69) is 20.6 Å². The van der Waals surface area contributed by atoms with Crippen LogP contribution in [-0.2, 0) is 4.79 Å². The Morgan fingerprint density at radius 3 is 2.71 bits per heavy atom. The van der Waals surface area contributed by atoms with Gasteiger partial charge in [-0.3, -0.25) is 4.79 Å². The molecule has 1 aliphatic heterocycles. The van der Waals surface area contributed by atoms with Crippen LogP contribution < -0.4 is 16.3 Å². The van der Waals surface area contributed by atoms with Gasteiger partial charge in [-0.2, -0.15) is 0 Å². The van der Waals surface area contributed by atoms with E-state index in [0.717, 1.165) is 22.4 Å². The number of carbonyl (C=O) groups excluding carboxylic acids is 1. The van der Waals surface area contributed by atoms with E-state index in [0.29, 0.717) is 6.54 Å². The molecular weight excluding hydrogens is 220 g/mol. The molecule has 1 aromatic heterocycles. The Morgan fingerprint density at radius 2 is 1.94 bits per heavy atom. The lowest BCUT2D eigenvalue weighted by Gasteiger charge is -2.05. The Bertz CT molecular complexity index is 680. The fourth-order valence-electron chi connectivity index (χ4n) is 1.82. The number of H-pyrrole nitrogens is 2. The van der Waals surface area contributed by atoms with Gasteiger partial charge in [0, 0.05) is 17.5 Å². The molecule has 0 bridgehead atoms. The SMILES string of the molecule is O=C1C=C(Nc2ccc3[nH]c(=O)[nH]c3c2)CN1. The van der Waals surface area contributed by atoms with Crippen LogP contribution in [0, 0.1) is 0 Å². The highest BCUT2D eigenvalue weighted by Crippen LogP contribution is 2.16. The van der Waals surface area contributed by atoms with Crippen LogP contribution in [0.3, 0.4) is 0 Å². The van der Waals surface area contributed by atoms with E-state index < -0.39 is 0 Å². The van der Waals surface area contributed by atoms with Gasteiger partial charge >= 0.3 is 5.69 Å². The minimum absolute atomic E-state index is 0.0939. The zero-order chi connectivity index (χ0) is 11.8. The molecule has 1 aliphatic rings. The fraction of sp³-hybridized carbons (Fsp3) is 0.0909. The van der Waals surface area contributed by atoms with Crippen molar-refractivity contribution in [3.63, 3.8) is 0 Å². The molecular formula is C11H10N4O2. The Hall–Kier alpha value is -2.50. The molecule has 0 unspecified atom stereocenters. The third-order valence-corrected chi connectivity index (χ3v) is 2.58. The van der Waals surface area contributed by atoms with Crippen LogP contribution >= 0.6 is 0 Å². The number of aromatic amines is 2. The van der Waals surface area contributed by atoms with Crippen LogP contribution in [0.25, 0.3) is 11.0 Å². The third kappa shape index (κ3) is 1.80. The Labute approximate surface area is 95.7 Å². The van der Waals surface area contributed by atoms with Gasteiger partial charge in [-0.1, -0.05) is 0 Å². The lowest BCUT2D eigenvalue weighted by Crippen LogP contribution is -2.16. The molecule has 4 N–H and O–H groups in total. The predicted molar refractivity (Wildman–Crippen MR) is 63.6 cm³/mol. The molecule has 0 saturated carbocycles. The first-order valence-electron chi connectivity index (χ1n) is 5.18. The smallest absolute Gasteiger partial charge is 0.323 e. The quantitative estimate of drug-likeness (QED) is 0.597. The van der Waals surface area contributed by atoms with Crippen molar-refractivity contribution < 1.29 is 4.79 Å². The van der Waals surface area contributed by atoms with E-state index >= 15 is 0 Å². The maximum Gasteiger partial charge on any atom is 0.323 e. The van der Waals surface area contributed by atoms with E-state index in [4.69, 9.17) is 0 Å². The van der Waals surface area contributed by atoms with Gasteiger partial charge < -0.3 is 20.6 Å². The first kappa shape index (κ1) is 9.71. The number of rotatable bonds is 2. The highest BCUT2D eigenvalue weighted by Gasteiger charge is 2.10. The molecule has 3 rings (SSSR count). The topological polar surface area (TPSA) is 89.8 Å². The van der Waals surface area contributed by atoms with Gasteiger partial charge in [0.15, 0.2) is 0 Å². The summed E-state index contributed by atoms with van der Waals surface area (Å²) < 4.78 is 0. The van der Waals surface area contributed by atoms with Crippen molar-refractivity contribution in [2.75, 3.05) is 11.9 Å². The highest BCUT2D eigenvalue weighted by atomic mass is 16.1. The van der Waals surface area contributed by atoms with Crippen molar-refractivity contribution in [2.45, 2.75) is 0 Å². The number of aromatic nitrogens is 2. The molecule has 0 radical (unpaired) electrons. The number of benzene rings is 1. The van der Waals surface area contributed by atoms with Gasteiger partial charge in [0.25, 0.3) is 0 Å². The molecule has 6 nitrogen and oxygen atoms in total. The summed E-state index contributed by atoms with van der Waals surface area (Å²) in [6, 6.07) is 5.47. The first-order chi connectivity index (χ1) is 8.20. The van der Waals surface area contributed by atoms with Crippen LogP contribution in [0.2, 0.25) is 0 Å². The molecule has 1 amide bonds. The molecule has 6 heteroatoms. The van der Waals surface area contributed by atoms with Crippen LogP contribution in [0.4, 0.5) is 5.69 Å². The van der Waals surface area contributed by atoms with Crippen molar-refractivity contribution in [2.24, 2.45) is 0 Å². The maximum atomic E-state index is 11.1. The van der Waals surface area contributed by atoms with Gasteiger partial charge in [-0.05, 0) is 18.2 Å². The van der Waals surface area contributed by atoms with Gasteiger partial charge in [0.05, 0.1) is 17.6 Å².